The molecule has 0 saturated heterocycles. The molecule has 0 spiro atoms. The molecule has 2 rings (SSSR count). The molecule has 23 heavy (non-hydrogen) atoms. The van der Waals surface area contributed by atoms with Gasteiger partial charge in [0.1, 0.15) is 5.75 Å². The third kappa shape index (κ3) is 3.58. The lowest BCUT2D eigenvalue weighted by molar-refractivity contribution is 0.312. The van der Waals surface area contributed by atoms with Gasteiger partial charge in [0.05, 0.1) is 22.9 Å². The zero-order chi connectivity index (χ0) is 17.2. The molecule has 6 heteroatoms. The molecular formula is C17H24N2O3S. The fourth-order valence-corrected chi connectivity index (χ4v) is 3.82. The van der Waals surface area contributed by atoms with Crippen LogP contribution in [0, 0.1) is 13.8 Å². The van der Waals surface area contributed by atoms with E-state index < -0.39 is 10.0 Å². The summed E-state index contributed by atoms with van der Waals surface area (Å²) in [5.74, 6) is 0.909. The maximum absolute atomic E-state index is 12.8. The Morgan fingerprint density at radius 2 is 1.91 bits per heavy atom. The largest absolute Gasteiger partial charge is 0.493 e. The number of ether oxygens (including phenoxy) is 1. The van der Waals surface area contributed by atoms with E-state index in [0.29, 0.717) is 18.0 Å². The number of aromatic nitrogens is 2. The second kappa shape index (κ2) is 6.74. The molecule has 0 N–H and O–H groups in total. The lowest BCUT2D eigenvalue weighted by Gasteiger charge is -2.16. The highest BCUT2D eigenvalue weighted by Gasteiger charge is 2.22. The first-order valence-electron chi connectivity index (χ1n) is 7.83. The molecule has 2 aromatic rings. The van der Waals surface area contributed by atoms with Crippen LogP contribution in [0.2, 0.25) is 0 Å². The van der Waals surface area contributed by atoms with E-state index >= 15 is 0 Å². The lowest BCUT2D eigenvalue weighted by Crippen LogP contribution is -2.16. The number of aryl methyl sites for hydroxylation is 2. The number of hydrogen-bond acceptors (Lipinski definition) is 4. The minimum atomic E-state index is -3.69. The van der Waals surface area contributed by atoms with E-state index in [1.54, 1.807) is 38.1 Å². The van der Waals surface area contributed by atoms with E-state index in [4.69, 9.17) is 4.74 Å². The Labute approximate surface area is 138 Å². The van der Waals surface area contributed by atoms with Gasteiger partial charge in [0, 0.05) is 0 Å². The molecule has 0 bridgehead atoms. The monoisotopic (exact) mass is 336 g/mol. The Morgan fingerprint density at radius 1 is 1.22 bits per heavy atom. The van der Waals surface area contributed by atoms with Crippen LogP contribution in [0.5, 0.6) is 5.75 Å². The van der Waals surface area contributed by atoms with E-state index in [1.807, 2.05) is 20.8 Å². The zero-order valence-electron chi connectivity index (χ0n) is 14.3. The van der Waals surface area contributed by atoms with Gasteiger partial charge in [0.2, 0.25) is 0 Å². The Bertz CT molecular complexity index is 792. The molecule has 0 radical (unpaired) electrons. The molecule has 0 saturated carbocycles. The van der Waals surface area contributed by atoms with Gasteiger partial charge in [-0.15, -0.1) is 0 Å². The first-order chi connectivity index (χ1) is 10.8. The molecule has 1 aromatic heterocycles. The average molecular weight is 336 g/mol. The Kier molecular flexibility index (Phi) is 5.14. The van der Waals surface area contributed by atoms with Crippen molar-refractivity contribution in [3.8, 4) is 5.75 Å². The van der Waals surface area contributed by atoms with Crippen molar-refractivity contribution < 1.29 is 13.2 Å². The van der Waals surface area contributed by atoms with Gasteiger partial charge in [0.25, 0.3) is 10.0 Å². The normalized spacial score (nSPS) is 11.9. The average Bonchev–Trinajstić information content (AvgIpc) is 2.84. The van der Waals surface area contributed by atoms with Gasteiger partial charge in [-0.1, -0.05) is 20.8 Å². The van der Waals surface area contributed by atoms with Crippen LogP contribution in [0.1, 0.15) is 50.1 Å². The van der Waals surface area contributed by atoms with Gasteiger partial charge in [-0.25, -0.2) is 0 Å². The van der Waals surface area contributed by atoms with Gasteiger partial charge in [0.15, 0.2) is 0 Å². The van der Waals surface area contributed by atoms with Crippen LogP contribution >= 0.6 is 0 Å². The highest BCUT2D eigenvalue weighted by molar-refractivity contribution is 7.89. The predicted molar refractivity (Wildman–Crippen MR) is 90.6 cm³/mol. The number of rotatable bonds is 6. The summed E-state index contributed by atoms with van der Waals surface area (Å²) in [5.41, 5.74) is 2.17. The molecule has 1 aromatic carbocycles. The first kappa shape index (κ1) is 17.5. The summed E-state index contributed by atoms with van der Waals surface area (Å²) in [4.78, 5) is 0.233. The molecule has 0 aliphatic heterocycles. The van der Waals surface area contributed by atoms with Gasteiger partial charge < -0.3 is 4.74 Å². The third-order valence-electron chi connectivity index (χ3n) is 3.56. The molecular weight excluding hydrogens is 312 g/mol. The number of nitrogens with zero attached hydrogens (tertiary/aromatic N) is 2. The van der Waals surface area contributed by atoms with Crippen LogP contribution in [-0.2, 0) is 10.0 Å². The predicted octanol–water partition coefficient (Wildman–Crippen LogP) is 3.65. The van der Waals surface area contributed by atoms with Crippen molar-refractivity contribution in [3.05, 3.63) is 41.2 Å². The van der Waals surface area contributed by atoms with E-state index in [2.05, 4.69) is 5.10 Å². The van der Waals surface area contributed by atoms with Crippen LogP contribution in [0.15, 0.2) is 29.2 Å². The maximum atomic E-state index is 12.8. The van der Waals surface area contributed by atoms with E-state index in [9.17, 15) is 8.42 Å². The fourth-order valence-electron chi connectivity index (χ4n) is 2.43. The van der Waals surface area contributed by atoms with E-state index in [-0.39, 0.29) is 10.8 Å². The fraction of sp³-hybridized carbons (Fsp3) is 0.471. The quantitative estimate of drug-likeness (QED) is 0.808. The van der Waals surface area contributed by atoms with Gasteiger partial charge in [-0.2, -0.15) is 17.6 Å². The molecule has 0 aliphatic carbocycles. The van der Waals surface area contributed by atoms with Crippen molar-refractivity contribution >= 4 is 10.0 Å². The van der Waals surface area contributed by atoms with Crippen LogP contribution < -0.4 is 4.74 Å². The SMILES string of the molecule is CCCOc1ccc(S(=O)(=O)n2nc(C)cc2C)cc1C(C)C. The summed E-state index contributed by atoms with van der Waals surface area (Å²) >= 11 is 0. The highest BCUT2D eigenvalue weighted by Crippen LogP contribution is 2.30. The Balaban J connectivity index is 2.51. The third-order valence-corrected chi connectivity index (χ3v) is 5.23. The Hall–Kier alpha value is -1.82. The van der Waals surface area contributed by atoms with Crippen LogP contribution in [0.3, 0.4) is 0 Å². The summed E-state index contributed by atoms with van der Waals surface area (Å²) in [6, 6.07) is 6.77. The smallest absolute Gasteiger partial charge is 0.283 e. The second-order valence-corrected chi connectivity index (χ2v) is 7.75. The summed E-state index contributed by atoms with van der Waals surface area (Å²) in [6.45, 7) is 10.2. The van der Waals surface area contributed by atoms with Crippen molar-refractivity contribution in [2.45, 2.75) is 51.9 Å². The van der Waals surface area contributed by atoms with Crippen LogP contribution in [-0.4, -0.2) is 24.2 Å². The molecule has 5 nitrogen and oxygen atoms in total. The Morgan fingerprint density at radius 3 is 2.43 bits per heavy atom. The van der Waals surface area contributed by atoms with Gasteiger partial charge in [-0.05, 0) is 56.0 Å². The zero-order valence-corrected chi connectivity index (χ0v) is 15.1. The van der Waals surface area contributed by atoms with Crippen molar-refractivity contribution in [3.63, 3.8) is 0 Å². The van der Waals surface area contributed by atoms with Crippen LogP contribution in [0.25, 0.3) is 0 Å². The summed E-state index contributed by atoms with van der Waals surface area (Å²) in [7, 11) is -3.69. The van der Waals surface area contributed by atoms with Gasteiger partial charge in [-0.3, -0.25) is 0 Å². The first-order valence-corrected chi connectivity index (χ1v) is 9.27. The van der Waals surface area contributed by atoms with Crippen molar-refractivity contribution in [1.29, 1.82) is 0 Å². The minimum Gasteiger partial charge on any atom is -0.493 e. The van der Waals surface area contributed by atoms with Crippen molar-refractivity contribution in [1.82, 2.24) is 9.19 Å². The molecule has 126 valence electrons. The molecule has 0 fully saturated rings. The summed E-state index contributed by atoms with van der Waals surface area (Å²) < 4.78 is 32.5. The number of benzene rings is 1. The maximum Gasteiger partial charge on any atom is 0.283 e. The summed E-state index contributed by atoms with van der Waals surface area (Å²) in [5, 5.41) is 4.10. The van der Waals surface area contributed by atoms with Crippen LogP contribution in [0.4, 0.5) is 0 Å². The lowest BCUT2D eigenvalue weighted by atomic mass is 10.0. The summed E-state index contributed by atoms with van der Waals surface area (Å²) in [6.07, 6.45) is 0.906. The van der Waals surface area contributed by atoms with Crippen molar-refractivity contribution in [2.75, 3.05) is 6.61 Å². The van der Waals surface area contributed by atoms with E-state index in [1.165, 1.54) is 0 Å². The minimum absolute atomic E-state index is 0.164. The molecule has 0 unspecified atom stereocenters. The number of hydrogen-bond donors (Lipinski definition) is 0. The molecule has 1 heterocycles. The highest BCUT2D eigenvalue weighted by atomic mass is 32.2. The topological polar surface area (TPSA) is 61.2 Å². The molecule has 0 aliphatic rings. The second-order valence-electron chi connectivity index (χ2n) is 5.98. The molecule has 0 amide bonds. The molecule has 0 atom stereocenters. The van der Waals surface area contributed by atoms with Gasteiger partial charge >= 0.3 is 0 Å². The van der Waals surface area contributed by atoms with Crippen molar-refractivity contribution in [2.24, 2.45) is 0 Å². The standard InChI is InChI=1S/C17H24N2O3S/c1-6-9-22-17-8-7-15(11-16(17)12(2)3)23(20,21)19-14(5)10-13(4)18-19/h7-8,10-12H,6,9H2,1-5H3. The van der Waals surface area contributed by atoms with E-state index in [0.717, 1.165) is 21.8 Å².